The van der Waals surface area contributed by atoms with Crippen molar-refractivity contribution in [3.63, 3.8) is 0 Å². The molecule has 1 unspecified atom stereocenters. The normalized spacial score (nSPS) is 22.4. The van der Waals surface area contributed by atoms with Crippen molar-refractivity contribution >= 4 is 0 Å². The smallest absolute Gasteiger partial charge is 0.0211 e. The summed E-state index contributed by atoms with van der Waals surface area (Å²) in [5.41, 5.74) is 6.15. The van der Waals surface area contributed by atoms with Crippen molar-refractivity contribution in [3.8, 4) is 0 Å². The third kappa shape index (κ3) is 2.77. The van der Waals surface area contributed by atoms with Crippen LogP contribution < -0.4 is 5.32 Å². The third-order valence-electron chi connectivity index (χ3n) is 4.75. The fourth-order valence-corrected chi connectivity index (χ4v) is 3.15. The highest BCUT2D eigenvalue weighted by molar-refractivity contribution is 5.36. The first kappa shape index (κ1) is 13.6. The molecule has 0 aliphatic heterocycles. The summed E-state index contributed by atoms with van der Waals surface area (Å²) in [5.74, 6) is 0. The molecule has 1 saturated carbocycles. The minimum atomic E-state index is 0.466. The highest BCUT2D eigenvalue weighted by Gasteiger charge is 2.33. The lowest BCUT2D eigenvalue weighted by Crippen LogP contribution is -2.37. The standard InChI is InChI=1S/C17H27N/c1-12-9-14(3)15(10-13(12)2)11-18-16-7-6-8-17(16,4)5/h9-10,16,18H,6-8,11H2,1-5H3. The lowest BCUT2D eigenvalue weighted by atomic mass is 9.87. The van der Waals surface area contributed by atoms with Crippen LogP contribution >= 0.6 is 0 Å². The van der Waals surface area contributed by atoms with E-state index in [-0.39, 0.29) is 0 Å². The van der Waals surface area contributed by atoms with Gasteiger partial charge in [-0.15, -0.1) is 0 Å². The summed E-state index contributed by atoms with van der Waals surface area (Å²) in [6.07, 6.45) is 4.06. The second kappa shape index (κ2) is 5.05. The molecule has 1 aliphatic rings. The molecule has 2 rings (SSSR count). The zero-order valence-electron chi connectivity index (χ0n) is 12.6. The SMILES string of the molecule is Cc1cc(C)c(CNC2CCCC2(C)C)cc1C. The maximum Gasteiger partial charge on any atom is 0.0211 e. The first-order chi connectivity index (χ1) is 8.40. The number of nitrogens with one attached hydrogen (secondary N) is 1. The molecule has 18 heavy (non-hydrogen) atoms. The number of benzene rings is 1. The average Bonchev–Trinajstić information content (AvgIpc) is 2.61. The van der Waals surface area contributed by atoms with Gasteiger partial charge >= 0.3 is 0 Å². The quantitative estimate of drug-likeness (QED) is 0.838. The molecule has 0 aromatic heterocycles. The van der Waals surface area contributed by atoms with E-state index in [2.05, 4.69) is 52.1 Å². The Morgan fingerprint density at radius 1 is 1.11 bits per heavy atom. The molecule has 1 atom stereocenters. The van der Waals surface area contributed by atoms with Crippen LogP contribution in [-0.2, 0) is 6.54 Å². The van der Waals surface area contributed by atoms with Gasteiger partial charge in [-0.05, 0) is 61.3 Å². The molecule has 1 N–H and O–H groups in total. The monoisotopic (exact) mass is 245 g/mol. The number of hydrogen-bond acceptors (Lipinski definition) is 1. The van der Waals surface area contributed by atoms with E-state index >= 15 is 0 Å². The van der Waals surface area contributed by atoms with Crippen LogP contribution in [0.1, 0.15) is 55.4 Å². The van der Waals surface area contributed by atoms with Crippen LogP contribution in [0.3, 0.4) is 0 Å². The number of rotatable bonds is 3. The van der Waals surface area contributed by atoms with Gasteiger partial charge in [0.2, 0.25) is 0 Å². The Labute approximate surface area is 112 Å². The summed E-state index contributed by atoms with van der Waals surface area (Å²) in [5, 5.41) is 3.78. The van der Waals surface area contributed by atoms with E-state index in [1.54, 1.807) is 0 Å². The fraction of sp³-hybridized carbons (Fsp3) is 0.647. The van der Waals surface area contributed by atoms with E-state index in [4.69, 9.17) is 0 Å². The highest BCUT2D eigenvalue weighted by Crippen LogP contribution is 2.37. The van der Waals surface area contributed by atoms with Crippen LogP contribution in [0.5, 0.6) is 0 Å². The largest absolute Gasteiger partial charge is 0.309 e. The van der Waals surface area contributed by atoms with Crippen LogP contribution in [0, 0.1) is 26.2 Å². The van der Waals surface area contributed by atoms with Gasteiger partial charge in [-0.2, -0.15) is 0 Å². The molecular formula is C17H27N. The van der Waals surface area contributed by atoms with Crippen LogP contribution in [0.15, 0.2) is 12.1 Å². The van der Waals surface area contributed by atoms with E-state index in [1.807, 2.05) is 0 Å². The molecule has 1 aromatic rings. The predicted octanol–water partition coefficient (Wildman–Crippen LogP) is 4.28. The molecule has 0 bridgehead atoms. The van der Waals surface area contributed by atoms with Crippen LogP contribution in [0.2, 0.25) is 0 Å². The van der Waals surface area contributed by atoms with Crippen molar-refractivity contribution in [2.45, 2.75) is 66.5 Å². The first-order valence-corrected chi connectivity index (χ1v) is 7.20. The highest BCUT2D eigenvalue weighted by atomic mass is 14.9. The van der Waals surface area contributed by atoms with Crippen molar-refractivity contribution in [2.24, 2.45) is 5.41 Å². The van der Waals surface area contributed by atoms with Gasteiger partial charge in [0, 0.05) is 12.6 Å². The van der Waals surface area contributed by atoms with Crippen LogP contribution in [0.4, 0.5) is 0 Å². The van der Waals surface area contributed by atoms with Crippen LogP contribution in [0.25, 0.3) is 0 Å². The zero-order chi connectivity index (χ0) is 13.3. The Hall–Kier alpha value is -0.820. The molecule has 0 saturated heterocycles. The maximum absolute atomic E-state index is 3.78. The average molecular weight is 245 g/mol. The second-order valence-corrected chi connectivity index (χ2v) is 6.68. The van der Waals surface area contributed by atoms with Gasteiger partial charge < -0.3 is 5.32 Å². The molecule has 1 fully saturated rings. The summed E-state index contributed by atoms with van der Waals surface area (Å²) < 4.78 is 0. The van der Waals surface area contributed by atoms with Crippen molar-refractivity contribution in [1.29, 1.82) is 0 Å². The van der Waals surface area contributed by atoms with E-state index < -0.39 is 0 Å². The van der Waals surface area contributed by atoms with Crippen molar-refractivity contribution in [1.82, 2.24) is 5.32 Å². The van der Waals surface area contributed by atoms with Crippen molar-refractivity contribution in [3.05, 3.63) is 34.4 Å². The van der Waals surface area contributed by atoms with E-state index in [1.165, 1.54) is 41.5 Å². The first-order valence-electron chi connectivity index (χ1n) is 7.20. The van der Waals surface area contributed by atoms with Crippen molar-refractivity contribution < 1.29 is 0 Å². The van der Waals surface area contributed by atoms with Crippen LogP contribution in [-0.4, -0.2) is 6.04 Å². The fourth-order valence-electron chi connectivity index (χ4n) is 3.15. The molecule has 100 valence electrons. The molecule has 0 heterocycles. The van der Waals surface area contributed by atoms with Gasteiger partial charge in [-0.3, -0.25) is 0 Å². The van der Waals surface area contributed by atoms with E-state index in [0.29, 0.717) is 11.5 Å². The topological polar surface area (TPSA) is 12.0 Å². The molecule has 0 radical (unpaired) electrons. The van der Waals surface area contributed by atoms with Gasteiger partial charge in [-0.25, -0.2) is 0 Å². The Kier molecular flexibility index (Phi) is 3.82. The molecule has 0 spiro atoms. The Bertz CT molecular complexity index is 431. The molecule has 1 nitrogen and oxygen atoms in total. The lowest BCUT2D eigenvalue weighted by molar-refractivity contribution is 0.282. The zero-order valence-corrected chi connectivity index (χ0v) is 12.6. The Balaban J connectivity index is 2.04. The summed E-state index contributed by atoms with van der Waals surface area (Å²) >= 11 is 0. The third-order valence-corrected chi connectivity index (χ3v) is 4.75. The summed E-state index contributed by atoms with van der Waals surface area (Å²) in [6, 6.07) is 5.34. The minimum Gasteiger partial charge on any atom is -0.309 e. The van der Waals surface area contributed by atoms with Gasteiger partial charge in [0.15, 0.2) is 0 Å². The minimum absolute atomic E-state index is 0.466. The molecular weight excluding hydrogens is 218 g/mol. The number of aryl methyl sites for hydroxylation is 3. The molecule has 1 aromatic carbocycles. The van der Waals surface area contributed by atoms with E-state index in [9.17, 15) is 0 Å². The van der Waals surface area contributed by atoms with Crippen molar-refractivity contribution in [2.75, 3.05) is 0 Å². The molecule has 0 amide bonds. The molecule has 1 aliphatic carbocycles. The van der Waals surface area contributed by atoms with Gasteiger partial charge in [0.1, 0.15) is 0 Å². The van der Waals surface area contributed by atoms with Gasteiger partial charge in [0.05, 0.1) is 0 Å². The second-order valence-electron chi connectivity index (χ2n) is 6.68. The summed E-state index contributed by atoms with van der Waals surface area (Å²) in [7, 11) is 0. The van der Waals surface area contributed by atoms with Gasteiger partial charge in [0.25, 0.3) is 0 Å². The maximum atomic E-state index is 3.78. The number of hydrogen-bond donors (Lipinski definition) is 1. The summed E-state index contributed by atoms with van der Waals surface area (Å²) in [4.78, 5) is 0. The van der Waals surface area contributed by atoms with E-state index in [0.717, 1.165) is 6.54 Å². The molecule has 1 heteroatoms. The summed E-state index contributed by atoms with van der Waals surface area (Å²) in [6.45, 7) is 12.4. The lowest BCUT2D eigenvalue weighted by Gasteiger charge is -2.28. The van der Waals surface area contributed by atoms with Gasteiger partial charge in [-0.1, -0.05) is 32.4 Å². The predicted molar refractivity (Wildman–Crippen MR) is 78.9 cm³/mol. The Morgan fingerprint density at radius 2 is 1.78 bits per heavy atom. The Morgan fingerprint density at radius 3 is 2.39 bits per heavy atom.